The zero-order valence-electron chi connectivity index (χ0n) is 20.8. The van der Waals surface area contributed by atoms with E-state index in [2.05, 4.69) is 10.6 Å². The van der Waals surface area contributed by atoms with E-state index in [9.17, 15) is 14.4 Å². The van der Waals surface area contributed by atoms with Crippen LogP contribution < -0.4 is 10.6 Å². The number of benzene rings is 1. The first-order chi connectivity index (χ1) is 17.5. The molecule has 2 bridgehead atoms. The molecule has 192 valence electrons. The van der Waals surface area contributed by atoms with Gasteiger partial charge in [-0.2, -0.15) is 0 Å². The number of ether oxygens (including phenoxy) is 2. The lowest BCUT2D eigenvalue weighted by Gasteiger charge is -2.34. The molecule has 4 heterocycles. The molecule has 3 amide bonds. The summed E-state index contributed by atoms with van der Waals surface area (Å²) >= 11 is 0. The second-order valence-electron chi connectivity index (χ2n) is 11.0. The summed E-state index contributed by atoms with van der Waals surface area (Å²) in [5.74, 6) is -2.05. The number of nitrogens with zero attached hydrogens (tertiary/aromatic N) is 1. The lowest BCUT2D eigenvalue weighted by Crippen LogP contribution is -2.57. The number of likely N-dealkylation sites (tertiary alicyclic amines) is 1. The van der Waals surface area contributed by atoms with Gasteiger partial charge in [-0.15, -0.1) is 0 Å². The molecule has 0 radical (unpaired) electrons. The Labute approximate surface area is 211 Å². The van der Waals surface area contributed by atoms with Gasteiger partial charge in [-0.05, 0) is 44.7 Å². The van der Waals surface area contributed by atoms with Crippen LogP contribution in [0.3, 0.4) is 0 Å². The van der Waals surface area contributed by atoms with Gasteiger partial charge >= 0.3 is 0 Å². The summed E-state index contributed by atoms with van der Waals surface area (Å²) in [7, 11) is 0. The maximum atomic E-state index is 14.0. The van der Waals surface area contributed by atoms with E-state index in [0.717, 1.165) is 44.1 Å². The van der Waals surface area contributed by atoms with Crippen molar-refractivity contribution >= 4 is 23.4 Å². The van der Waals surface area contributed by atoms with Crippen LogP contribution in [-0.2, 0) is 23.9 Å². The molecule has 36 heavy (non-hydrogen) atoms. The Morgan fingerprint density at radius 1 is 1.06 bits per heavy atom. The average Bonchev–Trinajstić information content (AvgIpc) is 3.64. The Morgan fingerprint density at radius 3 is 2.56 bits per heavy atom. The molecule has 6 atom stereocenters. The summed E-state index contributed by atoms with van der Waals surface area (Å²) in [6.45, 7) is 3.00. The van der Waals surface area contributed by atoms with E-state index in [-0.39, 0.29) is 29.9 Å². The van der Waals surface area contributed by atoms with Crippen LogP contribution in [0.2, 0.25) is 0 Å². The minimum absolute atomic E-state index is 0.102. The summed E-state index contributed by atoms with van der Waals surface area (Å²) in [6.07, 6.45) is 10.2. The van der Waals surface area contributed by atoms with Crippen molar-refractivity contribution in [3.63, 3.8) is 0 Å². The highest BCUT2D eigenvalue weighted by Crippen LogP contribution is 2.55. The van der Waals surface area contributed by atoms with Gasteiger partial charge in [0.1, 0.15) is 11.6 Å². The first-order valence-electron chi connectivity index (χ1n) is 13.4. The maximum absolute atomic E-state index is 14.0. The molecule has 1 aliphatic carbocycles. The zero-order valence-corrected chi connectivity index (χ0v) is 20.8. The highest BCUT2D eigenvalue weighted by molar-refractivity contribution is 6.02. The Hall–Kier alpha value is -2.71. The average molecular weight is 494 g/mol. The second-order valence-corrected chi connectivity index (χ2v) is 11.0. The quantitative estimate of drug-likeness (QED) is 0.594. The summed E-state index contributed by atoms with van der Waals surface area (Å²) in [5.41, 5.74) is 0.648. The van der Waals surface area contributed by atoms with E-state index >= 15 is 0 Å². The van der Waals surface area contributed by atoms with Crippen molar-refractivity contribution in [2.45, 2.75) is 81.8 Å². The van der Waals surface area contributed by atoms with Crippen LogP contribution in [0.4, 0.5) is 5.69 Å². The number of amides is 3. The minimum Gasteiger partial charge on any atom is -0.376 e. The minimum atomic E-state index is -1.13. The van der Waals surface area contributed by atoms with Crippen LogP contribution in [0, 0.1) is 18.8 Å². The van der Waals surface area contributed by atoms with Gasteiger partial charge in [0, 0.05) is 24.9 Å². The SMILES string of the molecule is Cc1ccc(NC(=O)[C@H]2[C@H]3C=C[C@@]4(O3)[C@H]2C(=O)N(C[C@@H]2CCCO2)[C@@H]4C(=O)NC2CCCCC2)cc1. The number of hydrogen-bond acceptors (Lipinski definition) is 5. The van der Waals surface area contributed by atoms with E-state index < -0.39 is 29.6 Å². The normalized spacial score (nSPS) is 35.3. The molecule has 1 aromatic rings. The van der Waals surface area contributed by atoms with Crippen LogP contribution >= 0.6 is 0 Å². The highest BCUT2D eigenvalue weighted by atomic mass is 16.5. The van der Waals surface area contributed by atoms with E-state index in [0.29, 0.717) is 18.8 Å². The van der Waals surface area contributed by atoms with Crippen molar-refractivity contribution < 1.29 is 23.9 Å². The summed E-state index contributed by atoms with van der Waals surface area (Å²) in [4.78, 5) is 42.9. The van der Waals surface area contributed by atoms with Crippen molar-refractivity contribution in [1.29, 1.82) is 0 Å². The number of carbonyl (C=O) groups excluding carboxylic acids is 3. The van der Waals surface area contributed by atoms with Gasteiger partial charge in [-0.1, -0.05) is 49.1 Å². The molecule has 4 fully saturated rings. The van der Waals surface area contributed by atoms with Gasteiger partial charge in [-0.3, -0.25) is 14.4 Å². The highest BCUT2D eigenvalue weighted by Gasteiger charge is 2.73. The van der Waals surface area contributed by atoms with E-state index in [4.69, 9.17) is 9.47 Å². The number of hydrogen-bond donors (Lipinski definition) is 2. The molecule has 3 saturated heterocycles. The lowest BCUT2D eigenvalue weighted by atomic mass is 9.74. The molecule has 2 N–H and O–H groups in total. The fourth-order valence-electron chi connectivity index (χ4n) is 6.86. The second kappa shape index (κ2) is 9.30. The number of anilines is 1. The molecule has 1 aromatic carbocycles. The molecule has 4 aliphatic heterocycles. The number of rotatable bonds is 6. The summed E-state index contributed by atoms with van der Waals surface area (Å²) in [6, 6.07) is 6.89. The molecule has 6 rings (SSSR count). The summed E-state index contributed by atoms with van der Waals surface area (Å²) < 4.78 is 12.3. The maximum Gasteiger partial charge on any atom is 0.246 e. The predicted molar refractivity (Wildman–Crippen MR) is 133 cm³/mol. The van der Waals surface area contributed by atoms with E-state index in [1.807, 2.05) is 43.3 Å². The first-order valence-corrected chi connectivity index (χ1v) is 13.4. The molecule has 5 aliphatic rings. The number of nitrogens with one attached hydrogen (secondary N) is 2. The number of carbonyl (C=O) groups is 3. The Morgan fingerprint density at radius 2 is 1.83 bits per heavy atom. The molecule has 0 unspecified atom stereocenters. The number of fused-ring (bicyclic) bond motifs is 1. The van der Waals surface area contributed by atoms with E-state index in [1.54, 1.807) is 4.90 Å². The summed E-state index contributed by atoms with van der Waals surface area (Å²) in [5, 5.41) is 6.20. The van der Waals surface area contributed by atoms with Gasteiger partial charge in [0.2, 0.25) is 17.7 Å². The molecule has 1 spiro atoms. The molecule has 1 saturated carbocycles. The Bertz CT molecular complexity index is 1060. The third kappa shape index (κ3) is 3.95. The van der Waals surface area contributed by atoms with Crippen molar-refractivity contribution in [1.82, 2.24) is 10.2 Å². The fourth-order valence-corrected chi connectivity index (χ4v) is 6.86. The fraction of sp³-hybridized carbons (Fsp3) is 0.607. The first kappa shape index (κ1) is 23.7. The van der Waals surface area contributed by atoms with Crippen LogP contribution in [0.5, 0.6) is 0 Å². The van der Waals surface area contributed by atoms with Crippen molar-refractivity contribution in [2.75, 3.05) is 18.5 Å². The third-order valence-corrected chi connectivity index (χ3v) is 8.62. The van der Waals surface area contributed by atoms with Gasteiger partial charge in [0.25, 0.3) is 0 Å². The predicted octanol–water partition coefficient (Wildman–Crippen LogP) is 2.71. The van der Waals surface area contributed by atoms with Crippen molar-refractivity contribution in [3.8, 4) is 0 Å². The van der Waals surface area contributed by atoms with Crippen molar-refractivity contribution in [2.24, 2.45) is 11.8 Å². The molecule has 0 aromatic heterocycles. The van der Waals surface area contributed by atoms with Gasteiger partial charge in [0.15, 0.2) is 0 Å². The molecular formula is C28H35N3O5. The zero-order chi connectivity index (χ0) is 24.9. The molecule has 8 nitrogen and oxygen atoms in total. The number of aryl methyl sites for hydroxylation is 1. The van der Waals surface area contributed by atoms with E-state index in [1.165, 1.54) is 6.42 Å². The standard InChI is InChI=1S/C28H35N3O5/c1-17-9-11-19(12-10-17)29-25(32)22-21-13-14-28(36-21)23(22)27(34)31(16-20-8-5-15-35-20)24(28)26(33)30-18-6-3-2-4-7-18/h9-14,18,20-24H,2-8,15-16H2,1H3,(H,29,32)(H,30,33)/t20-,21+,22-,23+,24+,28+/m0/s1. The molecule has 8 heteroatoms. The largest absolute Gasteiger partial charge is 0.376 e. The topological polar surface area (TPSA) is 97.0 Å². The smallest absolute Gasteiger partial charge is 0.246 e. The van der Waals surface area contributed by atoms with Crippen LogP contribution in [0.1, 0.15) is 50.5 Å². The Kier molecular flexibility index (Phi) is 6.12. The van der Waals surface area contributed by atoms with Gasteiger partial charge in [-0.25, -0.2) is 0 Å². The van der Waals surface area contributed by atoms with Crippen molar-refractivity contribution in [3.05, 3.63) is 42.0 Å². The lowest BCUT2D eigenvalue weighted by molar-refractivity contribution is -0.143. The van der Waals surface area contributed by atoms with Crippen LogP contribution in [0.25, 0.3) is 0 Å². The van der Waals surface area contributed by atoms with Crippen LogP contribution in [0.15, 0.2) is 36.4 Å². The van der Waals surface area contributed by atoms with Gasteiger partial charge < -0.3 is 25.0 Å². The Balaban J connectivity index is 1.29. The van der Waals surface area contributed by atoms with Crippen LogP contribution in [-0.4, -0.2) is 65.7 Å². The third-order valence-electron chi connectivity index (χ3n) is 8.62. The molecular weight excluding hydrogens is 458 g/mol. The monoisotopic (exact) mass is 493 g/mol. The van der Waals surface area contributed by atoms with Gasteiger partial charge in [0.05, 0.1) is 24.0 Å².